The SMILES string of the molecule is CC(C)CC(NC(=O)c1ccc(N2CCN(C)CC2)cc1)C(=O)N[C@@H]1C(=O)CO[C@@H]1C. The molecule has 0 bridgehead atoms. The molecule has 1 unspecified atom stereocenters. The molecule has 0 saturated carbocycles. The lowest BCUT2D eigenvalue weighted by Crippen LogP contribution is -2.53. The minimum Gasteiger partial charge on any atom is -0.369 e. The summed E-state index contributed by atoms with van der Waals surface area (Å²) in [5, 5.41) is 5.61. The third-order valence-electron chi connectivity index (χ3n) is 5.93. The van der Waals surface area contributed by atoms with E-state index in [4.69, 9.17) is 4.74 Å². The Morgan fingerprint density at radius 1 is 1.13 bits per heavy atom. The van der Waals surface area contributed by atoms with Crippen LogP contribution in [0.4, 0.5) is 5.69 Å². The normalized spacial score (nSPS) is 23.1. The van der Waals surface area contributed by atoms with Crippen LogP contribution in [0.5, 0.6) is 0 Å². The molecule has 8 nitrogen and oxygen atoms in total. The van der Waals surface area contributed by atoms with Crippen LogP contribution >= 0.6 is 0 Å². The Bertz CT molecular complexity index is 787. The van der Waals surface area contributed by atoms with Crippen LogP contribution in [-0.4, -0.2) is 80.5 Å². The summed E-state index contributed by atoms with van der Waals surface area (Å²) in [6.45, 7) is 9.69. The van der Waals surface area contributed by atoms with Crippen LogP contribution in [0.1, 0.15) is 37.6 Å². The van der Waals surface area contributed by atoms with Gasteiger partial charge >= 0.3 is 0 Å². The Labute approximate surface area is 184 Å². The van der Waals surface area contributed by atoms with Gasteiger partial charge in [0.15, 0.2) is 5.78 Å². The summed E-state index contributed by atoms with van der Waals surface area (Å²) in [5.41, 5.74) is 1.60. The van der Waals surface area contributed by atoms with Gasteiger partial charge in [0.25, 0.3) is 5.91 Å². The molecule has 2 N–H and O–H groups in total. The van der Waals surface area contributed by atoms with Gasteiger partial charge in [-0.2, -0.15) is 0 Å². The Morgan fingerprint density at radius 3 is 2.32 bits per heavy atom. The molecule has 0 spiro atoms. The van der Waals surface area contributed by atoms with Gasteiger partial charge in [-0.3, -0.25) is 14.4 Å². The molecule has 0 aliphatic carbocycles. The summed E-state index contributed by atoms with van der Waals surface area (Å²) >= 11 is 0. The van der Waals surface area contributed by atoms with E-state index in [1.165, 1.54) is 0 Å². The number of benzene rings is 1. The summed E-state index contributed by atoms with van der Waals surface area (Å²) in [5.74, 6) is -0.599. The van der Waals surface area contributed by atoms with E-state index in [-0.39, 0.29) is 36.2 Å². The lowest BCUT2D eigenvalue weighted by molar-refractivity contribution is -0.127. The van der Waals surface area contributed by atoms with Crippen LogP contribution < -0.4 is 15.5 Å². The Hall–Kier alpha value is -2.45. The van der Waals surface area contributed by atoms with Crippen molar-refractivity contribution in [2.75, 3.05) is 44.7 Å². The van der Waals surface area contributed by atoms with E-state index in [1.54, 1.807) is 19.1 Å². The maximum Gasteiger partial charge on any atom is 0.251 e. The molecular formula is C23H34N4O4. The molecule has 170 valence electrons. The zero-order chi connectivity index (χ0) is 22.5. The van der Waals surface area contributed by atoms with Crippen LogP contribution in [0.15, 0.2) is 24.3 Å². The number of carbonyl (C=O) groups is 3. The predicted molar refractivity (Wildman–Crippen MR) is 119 cm³/mol. The molecule has 2 amide bonds. The number of anilines is 1. The van der Waals surface area contributed by atoms with Crippen molar-refractivity contribution in [1.82, 2.24) is 15.5 Å². The lowest BCUT2D eigenvalue weighted by atomic mass is 10.0. The third kappa shape index (κ3) is 6.04. The molecular weight excluding hydrogens is 396 g/mol. The predicted octanol–water partition coefficient (Wildman–Crippen LogP) is 1.06. The largest absolute Gasteiger partial charge is 0.369 e. The Balaban J connectivity index is 1.63. The highest BCUT2D eigenvalue weighted by Gasteiger charge is 2.35. The number of amides is 2. The van der Waals surface area contributed by atoms with Gasteiger partial charge in [-0.1, -0.05) is 13.8 Å². The Morgan fingerprint density at radius 2 is 1.77 bits per heavy atom. The first kappa shape index (κ1) is 23.2. The van der Waals surface area contributed by atoms with Crippen molar-refractivity contribution in [3.63, 3.8) is 0 Å². The van der Waals surface area contributed by atoms with Gasteiger partial charge in [0.2, 0.25) is 5.91 Å². The average Bonchev–Trinajstić information content (AvgIpc) is 3.05. The molecule has 8 heteroatoms. The molecule has 2 heterocycles. The zero-order valence-corrected chi connectivity index (χ0v) is 18.9. The fraction of sp³-hybridized carbons (Fsp3) is 0.609. The Kier molecular flexibility index (Phi) is 7.67. The number of ether oxygens (including phenoxy) is 1. The second-order valence-electron chi connectivity index (χ2n) is 8.96. The molecule has 2 fully saturated rings. The highest BCUT2D eigenvalue weighted by Crippen LogP contribution is 2.18. The highest BCUT2D eigenvalue weighted by molar-refractivity contribution is 5.99. The van der Waals surface area contributed by atoms with Gasteiger partial charge in [0.1, 0.15) is 18.7 Å². The van der Waals surface area contributed by atoms with Crippen molar-refractivity contribution in [2.45, 2.75) is 45.4 Å². The number of piperazine rings is 1. The average molecular weight is 431 g/mol. The van der Waals surface area contributed by atoms with Crippen LogP contribution in [0, 0.1) is 5.92 Å². The van der Waals surface area contributed by atoms with Crippen molar-refractivity contribution in [3.8, 4) is 0 Å². The second kappa shape index (κ2) is 10.2. The monoisotopic (exact) mass is 430 g/mol. The van der Waals surface area contributed by atoms with Gasteiger partial charge in [-0.05, 0) is 50.6 Å². The molecule has 2 saturated heterocycles. The van der Waals surface area contributed by atoms with E-state index >= 15 is 0 Å². The first-order valence-electron chi connectivity index (χ1n) is 11.0. The molecule has 3 rings (SSSR count). The quantitative estimate of drug-likeness (QED) is 0.672. The maximum atomic E-state index is 12.8. The van der Waals surface area contributed by atoms with Gasteiger partial charge in [-0.15, -0.1) is 0 Å². The van der Waals surface area contributed by atoms with Crippen LogP contribution in [0.25, 0.3) is 0 Å². The number of hydrogen-bond acceptors (Lipinski definition) is 6. The number of hydrogen-bond donors (Lipinski definition) is 2. The van der Waals surface area contributed by atoms with Gasteiger partial charge in [0.05, 0.1) is 6.10 Å². The molecule has 0 radical (unpaired) electrons. The van der Waals surface area contributed by atoms with E-state index in [9.17, 15) is 14.4 Å². The second-order valence-corrected chi connectivity index (χ2v) is 8.96. The minimum absolute atomic E-state index is 0.00692. The molecule has 1 aromatic rings. The number of ketones is 1. The molecule has 0 aromatic heterocycles. The number of likely N-dealkylation sites (N-methyl/N-ethyl adjacent to an activating group) is 1. The molecule has 31 heavy (non-hydrogen) atoms. The number of nitrogens with zero attached hydrogens (tertiary/aromatic N) is 2. The van der Waals surface area contributed by atoms with Crippen LogP contribution in [-0.2, 0) is 14.3 Å². The smallest absolute Gasteiger partial charge is 0.251 e. The van der Waals surface area contributed by atoms with E-state index in [1.807, 2.05) is 26.0 Å². The highest BCUT2D eigenvalue weighted by atomic mass is 16.5. The van der Waals surface area contributed by atoms with E-state index < -0.39 is 12.1 Å². The van der Waals surface area contributed by atoms with Crippen molar-refractivity contribution in [2.24, 2.45) is 5.92 Å². The first-order chi connectivity index (χ1) is 14.7. The van der Waals surface area contributed by atoms with Crippen LogP contribution in [0.3, 0.4) is 0 Å². The van der Waals surface area contributed by atoms with Gasteiger partial charge in [0, 0.05) is 37.4 Å². The number of rotatable bonds is 7. The topological polar surface area (TPSA) is 91.0 Å². The zero-order valence-electron chi connectivity index (χ0n) is 18.9. The fourth-order valence-electron chi connectivity index (χ4n) is 3.95. The van der Waals surface area contributed by atoms with E-state index in [0.29, 0.717) is 12.0 Å². The molecule has 2 aliphatic rings. The van der Waals surface area contributed by atoms with E-state index in [2.05, 4.69) is 27.5 Å². The van der Waals surface area contributed by atoms with E-state index in [0.717, 1.165) is 31.9 Å². The van der Waals surface area contributed by atoms with Crippen LogP contribution in [0.2, 0.25) is 0 Å². The molecule has 2 aliphatic heterocycles. The number of carbonyl (C=O) groups excluding carboxylic acids is 3. The molecule has 1 aromatic carbocycles. The molecule has 3 atom stereocenters. The van der Waals surface area contributed by atoms with Crippen molar-refractivity contribution in [3.05, 3.63) is 29.8 Å². The summed E-state index contributed by atoms with van der Waals surface area (Å²) in [6.07, 6.45) is 0.113. The number of nitrogens with one attached hydrogen (secondary N) is 2. The van der Waals surface area contributed by atoms with Crippen molar-refractivity contribution < 1.29 is 19.1 Å². The first-order valence-corrected chi connectivity index (χ1v) is 11.0. The van der Waals surface area contributed by atoms with Gasteiger partial charge in [-0.25, -0.2) is 0 Å². The maximum absolute atomic E-state index is 12.8. The number of Topliss-reactive ketones (excluding diaryl/α,β-unsaturated/α-hetero) is 1. The standard InChI is InChI=1S/C23H34N4O4/c1-15(2)13-19(23(30)25-21-16(3)31-14-20(21)28)24-22(29)17-5-7-18(8-6-17)27-11-9-26(4)10-12-27/h5-8,15-16,19,21H,9-14H2,1-4H3,(H,24,29)(H,25,30)/t16-,19?,21+/m1/s1. The summed E-state index contributed by atoms with van der Waals surface area (Å²) in [7, 11) is 2.12. The van der Waals surface area contributed by atoms with Crippen molar-refractivity contribution in [1.29, 1.82) is 0 Å². The van der Waals surface area contributed by atoms with Gasteiger partial charge < -0.3 is 25.2 Å². The fourth-order valence-corrected chi connectivity index (χ4v) is 3.95. The summed E-state index contributed by atoms with van der Waals surface area (Å²) in [4.78, 5) is 42.2. The summed E-state index contributed by atoms with van der Waals surface area (Å²) in [6, 6.07) is 6.11. The lowest BCUT2D eigenvalue weighted by Gasteiger charge is -2.34. The summed E-state index contributed by atoms with van der Waals surface area (Å²) < 4.78 is 5.30. The third-order valence-corrected chi connectivity index (χ3v) is 5.93. The minimum atomic E-state index is -0.717. The van der Waals surface area contributed by atoms with Crippen molar-refractivity contribution >= 4 is 23.3 Å².